The van der Waals surface area contributed by atoms with E-state index in [1.807, 2.05) is 0 Å². The zero-order valence-electron chi connectivity index (χ0n) is 15.1. The Kier molecular flexibility index (Phi) is 5.85. The molecule has 0 fully saturated rings. The summed E-state index contributed by atoms with van der Waals surface area (Å²) in [6, 6.07) is 8.41. The summed E-state index contributed by atoms with van der Waals surface area (Å²) < 4.78 is 65.2. The Hall–Kier alpha value is -2.59. The van der Waals surface area contributed by atoms with Crippen LogP contribution in [0.2, 0.25) is 5.15 Å². The number of aromatic nitrogens is 3. The summed E-state index contributed by atoms with van der Waals surface area (Å²) in [6.45, 7) is 3.26. The second-order valence-corrected chi connectivity index (χ2v) is 7.87. The fourth-order valence-electron chi connectivity index (χ4n) is 2.79. The van der Waals surface area contributed by atoms with Crippen LogP contribution in [0.15, 0.2) is 42.6 Å². The fourth-order valence-corrected chi connectivity index (χ4v) is 3.36. The first kappa shape index (κ1) is 21.1. The highest BCUT2D eigenvalue weighted by Crippen LogP contribution is 2.31. The van der Waals surface area contributed by atoms with E-state index in [1.54, 1.807) is 13.0 Å². The average molecular weight is 446 g/mol. The average Bonchev–Trinajstić information content (AvgIpc) is 3.01. The van der Waals surface area contributed by atoms with Gasteiger partial charge in [-0.2, -0.15) is 5.10 Å². The first-order chi connectivity index (χ1) is 13.6. The first-order valence-electron chi connectivity index (χ1n) is 8.28. The summed E-state index contributed by atoms with van der Waals surface area (Å²) in [4.78, 5) is 4.22. The number of hydrogen-bond acceptors (Lipinski definition) is 5. The van der Waals surface area contributed by atoms with E-state index in [-0.39, 0.29) is 16.7 Å². The molecule has 0 amide bonds. The highest BCUT2D eigenvalue weighted by molar-refractivity contribution is 7.72. The molecule has 6 nitrogen and oxygen atoms in total. The van der Waals surface area contributed by atoms with Gasteiger partial charge in [-0.25, -0.2) is 18.1 Å². The molecule has 0 aliphatic heterocycles. The van der Waals surface area contributed by atoms with Crippen molar-refractivity contribution < 1.29 is 26.3 Å². The number of halogens is 4. The number of ether oxygens (including phenoxy) is 1. The third-order valence-electron chi connectivity index (χ3n) is 4.25. The molecule has 11 heteroatoms. The van der Waals surface area contributed by atoms with Gasteiger partial charge in [0.2, 0.25) is 0 Å². The molecule has 1 aromatic carbocycles. The van der Waals surface area contributed by atoms with Gasteiger partial charge in [-0.15, -0.1) is 13.2 Å². The van der Waals surface area contributed by atoms with Crippen LogP contribution >= 0.6 is 11.6 Å². The molecule has 3 aromatic rings. The second kappa shape index (κ2) is 8.03. The molecule has 0 bridgehead atoms. The van der Waals surface area contributed by atoms with Crippen LogP contribution in [-0.4, -0.2) is 29.5 Å². The van der Waals surface area contributed by atoms with E-state index in [2.05, 4.69) is 14.8 Å². The lowest BCUT2D eigenvalue weighted by Gasteiger charge is -2.13. The Bertz CT molecular complexity index is 1100. The van der Waals surface area contributed by atoms with Gasteiger partial charge in [-0.1, -0.05) is 29.8 Å². The molecular weight excluding hydrogens is 431 g/mol. The summed E-state index contributed by atoms with van der Waals surface area (Å²) in [5.41, 5.74) is 2.28. The Labute approximate surface area is 170 Å². The van der Waals surface area contributed by atoms with Crippen molar-refractivity contribution in [2.75, 3.05) is 0 Å². The number of rotatable bonds is 5. The van der Waals surface area contributed by atoms with E-state index in [4.69, 9.17) is 11.6 Å². The standard InChI is InChI=1S/C18H15ClF3N3O3S/c1-10-15(12-3-5-13(6-4-12)28-18(20,21)22)9-23-25(10)17-14(11(2)29(26)27)7-8-16(19)24-17/h3-9,11,29H,1-2H3. The quantitative estimate of drug-likeness (QED) is 0.463. The monoisotopic (exact) mass is 445 g/mol. The SMILES string of the molecule is Cc1c(-c2ccc(OC(F)(F)F)cc2)cnn1-c1nc(Cl)ccc1C(C)[SH](=O)=O. The van der Waals surface area contributed by atoms with E-state index in [9.17, 15) is 21.6 Å². The molecule has 2 aromatic heterocycles. The molecule has 1 unspecified atom stereocenters. The van der Waals surface area contributed by atoms with E-state index in [1.165, 1.54) is 48.1 Å². The van der Waals surface area contributed by atoms with Crippen LogP contribution in [0.5, 0.6) is 5.75 Å². The molecule has 0 aliphatic rings. The summed E-state index contributed by atoms with van der Waals surface area (Å²) >= 11 is 5.99. The maximum Gasteiger partial charge on any atom is 0.573 e. The number of benzene rings is 1. The number of pyridine rings is 1. The van der Waals surface area contributed by atoms with Crippen molar-refractivity contribution in [2.45, 2.75) is 25.5 Å². The minimum Gasteiger partial charge on any atom is -0.406 e. The Morgan fingerprint density at radius 2 is 1.79 bits per heavy atom. The van der Waals surface area contributed by atoms with Crippen molar-refractivity contribution in [3.8, 4) is 22.7 Å². The van der Waals surface area contributed by atoms with E-state index < -0.39 is 22.3 Å². The molecule has 1 atom stereocenters. The highest BCUT2D eigenvalue weighted by Gasteiger charge is 2.31. The van der Waals surface area contributed by atoms with Crippen LogP contribution in [0.3, 0.4) is 0 Å². The highest BCUT2D eigenvalue weighted by atomic mass is 35.5. The largest absolute Gasteiger partial charge is 0.573 e. The topological polar surface area (TPSA) is 74.1 Å². The molecule has 0 aliphatic carbocycles. The maximum absolute atomic E-state index is 12.3. The van der Waals surface area contributed by atoms with Crippen molar-refractivity contribution in [2.24, 2.45) is 0 Å². The predicted molar refractivity (Wildman–Crippen MR) is 102 cm³/mol. The van der Waals surface area contributed by atoms with Crippen molar-refractivity contribution in [1.29, 1.82) is 0 Å². The third kappa shape index (κ3) is 4.70. The van der Waals surface area contributed by atoms with Gasteiger partial charge in [0.25, 0.3) is 0 Å². The lowest BCUT2D eigenvalue weighted by molar-refractivity contribution is -0.274. The summed E-state index contributed by atoms with van der Waals surface area (Å²) in [6.07, 6.45) is -3.25. The van der Waals surface area contributed by atoms with Gasteiger partial charge in [0.15, 0.2) is 5.82 Å². The lowest BCUT2D eigenvalue weighted by Crippen LogP contribution is -2.16. The molecule has 29 heavy (non-hydrogen) atoms. The molecule has 2 heterocycles. The van der Waals surface area contributed by atoms with E-state index >= 15 is 0 Å². The second-order valence-electron chi connectivity index (χ2n) is 6.14. The van der Waals surface area contributed by atoms with Crippen LogP contribution in [0.4, 0.5) is 13.2 Å². The van der Waals surface area contributed by atoms with Crippen LogP contribution in [-0.2, 0) is 10.7 Å². The zero-order chi connectivity index (χ0) is 21.3. The van der Waals surface area contributed by atoms with E-state index in [0.717, 1.165) is 0 Å². The minimum atomic E-state index is -4.77. The van der Waals surface area contributed by atoms with Gasteiger partial charge in [0.05, 0.1) is 17.1 Å². The molecule has 0 radical (unpaired) electrons. The molecule has 0 saturated carbocycles. The van der Waals surface area contributed by atoms with Gasteiger partial charge in [-0.3, -0.25) is 0 Å². The van der Waals surface area contributed by atoms with Gasteiger partial charge in [0, 0.05) is 11.1 Å². The molecule has 154 valence electrons. The fraction of sp³-hybridized carbons (Fsp3) is 0.222. The maximum atomic E-state index is 12.3. The van der Waals surface area contributed by atoms with Crippen LogP contribution < -0.4 is 4.74 Å². The van der Waals surface area contributed by atoms with Crippen molar-refractivity contribution >= 4 is 22.3 Å². The Morgan fingerprint density at radius 1 is 1.14 bits per heavy atom. The van der Waals surface area contributed by atoms with Gasteiger partial charge >= 0.3 is 6.36 Å². The lowest BCUT2D eigenvalue weighted by atomic mass is 10.1. The smallest absolute Gasteiger partial charge is 0.406 e. The number of hydrogen-bond donors (Lipinski definition) is 1. The van der Waals surface area contributed by atoms with Crippen molar-refractivity contribution in [3.05, 3.63) is 59.0 Å². The molecule has 0 spiro atoms. The molecule has 3 rings (SSSR count). The minimum absolute atomic E-state index is 0.169. The van der Waals surface area contributed by atoms with Crippen LogP contribution in [0, 0.1) is 6.92 Å². The number of nitrogens with zero attached hydrogens (tertiary/aromatic N) is 3. The molecular formula is C18H15ClF3N3O3S. The summed E-state index contributed by atoms with van der Waals surface area (Å²) in [7, 11) is -2.75. The van der Waals surface area contributed by atoms with Crippen LogP contribution in [0.1, 0.15) is 23.4 Å². The Balaban J connectivity index is 2.02. The molecule has 0 saturated heterocycles. The summed E-state index contributed by atoms with van der Waals surface area (Å²) in [5, 5.41) is 3.63. The third-order valence-corrected chi connectivity index (χ3v) is 5.37. The van der Waals surface area contributed by atoms with E-state index in [0.29, 0.717) is 22.4 Å². The Morgan fingerprint density at radius 3 is 2.38 bits per heavy atom. The van der Waals surface area contributed by atoms with Gasteiger partial charge in [0.1, 0.15) is 21.6 Å². The normalized spacial score (nSPS) is 12.9. The predicted octanol–water partition coefficient (Wildman–Crippen LogP) is 4.47. The van der Waals surface area contributed by atoms with Crippen molar-refractivity contribution in [1.82, 2.24) is 14.8 Å². The molecule has 0 N–H and O–H groups in total. The van der Waals surface area contributed by atoms with Crippen LogP contribution in [0.25, 0.3) is 16.9 Å². The van der Waals surface area contributed by atoms with Crippen molar-refractivity contribution in [3.63, 3.8) is 0 Å². The number of alkyl halides is 3. The van der Waals surface area contributed by atoms with Gasteiger partial charge in [-0.05, 0) is 37.6 Å². The van der Waals surface area contributed by atoms with Gasteiger partial charge < -0.3 is 4.74 Å². The zero-order valence-corrected chi connectivity index (χ0v) is 16.8. The number of thiol groups is 1. The summed E-state index contributed by atoms with van der Waals surface area (Å²) in [5.74, 6) is -0.0665. The first-order valence-corrected chi connectivity index (χ1v) is 9.90.